The van der Waals surface area contributed by atoms with Crippen LogP contribution in [0.4, 0.5) is 4.39 Å². The van der Waals surface area contributed by atoms with E-state index in [0.717, 1.165) is 11.0 Å². The van der Waals surface area contributed by atoms with Crippen LogP contribution in [0.2, 0.25) is 0 Å². The zero-order chi connectivity index (χ0) is 15.4. The molecule has 0 atom stereocenters. The van der Waals surface area contributed by atoms with Crippen molar-refractivity contribution in [3.05, 3.63) is 71.8 Å². The van der Waals surface area contributed by atoms with Gasteiger partial charge in [-0.2, -0.15) is 5.10 Å². The quantitative estimate of drug-likeness (QED) is 0.596. The summed E-state index contributed by atoms with van der Waals surface area (Å²) in [5.74, 6) is -0.823. The van der Waals surface area contributed by atoms with Crippen molar-refractivity contribution in [3.8, 4) is 0 Å². The maximum atomic E-state index is 12.8. The van der Waals surface area contributed by atoms with Crippen LogP contribution in [0, 0.1) is 5.82 Å². The van der Waals surface area contributed by atoms with Crippen LogP contribution in [-0.2, 0) is 0 Å². The number of fused-ring (bicyclic) bond motifs is 1. The summed E-state index contributed by atoms with van der Waals surface area (Å²) in [4.78, 5) is 20.4. The molecular formula is C16H11FN4O. The lowest BCUT2D eigenvalue weighted by molar-refractivity contribution is 0.0955. The SMILES string of the molecule is O=C(NN=Cc1cnc2ccccc2n1)c1ccc(F)cc1. The van der Waals surface area contributed by atoms with E-state index >= 15 is 0 Å². The number of aromatic nitrogens is 2. The molecule has 3 rings (SSSR count). The molecule has 0 radical (unpaired) electrons. The van der Waals surface area contributed by atoms with Crippen LogP contribution < -0.4 is 5.43 Å². The lowest BCUT2D eigenvalue weighted by Gasteiger charge is -2.00. The van der Waals surface area contributed by atoms with Crippen molar-refractivity contribution < 1.29 is 9.18 Å². The first-order valence-electron chi connectivity index (χ1n) is 6.53. The monoisotopic (exact) mass is 294 g/mol. The van der Waals surface area contributed by atoms with Gasteiger partial charge in [-0.15, -0.1) is 0 Å². The maximum absolute atomic E-state index is 12.8. The van der Waals surface area contributed by atoms with Crippen molar-refractivity contribution >= 4 is 23.2 Å². The molecule has 0 unspecified atom stereocenters. The Morgan fingerprint density at radius 1 is 1.09 bits per heavy atom. The third-order valence-corrected chi connectivity index (χ3v) is 2.94. The smallest absolute Gasteiger partial charge is 0.267 e. The Kier molecular flexibility index (Phi) is 3.82. The highest BCUT2D eigenvalue weighted by Crippen LogP contribution is 2.07. The van der Waals surface area contributed by atoms with E-state index in [9.17, 15) is 9.18 Å². The van der Waals surface area contributed by atoms with Crippen LogP contribution in [-0.4, -0.2) is 22.1 Å². The largest absolute Gasteiger partial charge is 0.271 e. The van der Waals surface area contributed by atoms with Crippen LogP contribution >= 0.6 is 0 Å². The van der Waals surface area contributed by atoms with Gasteiger partial charge in [-0.05, 0) is 36.4 Å². The number of nitrogens with zero attached hydrogens (tertiary/aromatic N) is 3. The minimum atomic E-state index is -0.426. The molecule has 3 aromatic rings. The van der Waals surface area contributed by atoms with Crippen LogP contribution in [0.15, 0.2) is 59.8 Å². The first kappa shape index (κ1) is 13.8. The van der Waals surface area contributed by atoms with Gasteiger partial charge in [-0.3, -0.25) is 9.78 Å². The van der Waals surface area contributed by atoms with Gasteiger partial charge in [0.1, 0.15) is 11.5 Å². The third kappa shape index (κ3) is 3.12. The van der Waals surface area contributed by atoms with Gasteiger partial charge in [0, 0.05) is 5.56 Å². The molecule has 6 heteroatoms. The summed E-state index contributed by atoms with van der Waals surface area (Å²) in [6.45, 7) is 0. The van der Waals surface area contributed by atoms with E-state index < -0.39 is 11.7 Å². The highest BCUT2D eigenvalue weighted by molar-refractivity contribution is 5.94. The Bertz CT molecular complexity index is 846. The van der Waals surface area contributed by atoms with Gasteiger partial charge < -0.3 is 0 Å². The number of nitrogens with one attached hydrogen (secondary N) is 1. The van der Waals surface area contributed by atoms with Crippen LogP contribution in [0.3, 0.4) is 0 Å². The first-order chi connectivity index (χ1) is 10.7. The molecule has 0 fully saturated rings. The second kappa shape index (κ2) is 6.09. The summed E-state index contributed by atoms with van der Waals surface area (Å²) >= 11 is 0. The Balaban J connectivity index is 1.70. The van der Waals surface area contributed by atoms with Gasteiger partial charge in [0.05, 0.1) is 23.4 Å². The van der Waals surface area contributed by atoms with Crippen molar-refractivity contribution in [3.63, 3.8) is 0 Å². The van der Waals surface area contributed by atoms with Crippen molar-refractivity contribution in [2.24, 2.45) is 5.10 Å². The molecule has 0 aliphatic heterocycles. The molecule has 0 aliphatic carbocycles. The summed E-state index contributed by atoms with van der Waals surface area (Å²) in [5.41, 5.74) is 4.74. The predicted octanol–water partition coefficient (Wildman–Crippen LogP) is 2.53. The molecule has 1 aromatic heterocycles. The van der Waals surface area contributed by atoms with Crippen LogP contribution in [0.1, 0.15) is 16.1 Å². The van der Waals surface area contributed by atoms with Crippen molar-refractivity contribution in [2.45, 2.75) is 0 Å². The minimum absolute atomic E-state index is 0.322. The number of amides is 1. The van der Waals surface area contributed by atoms with E-state index in [1.165, 1.54) is 30.5 Å². The maximum Gasteiger partial charge on any atom is 0.271 e. The van der Waals surface area contributed by atoms with E-state index in [0.29, 0.717) is 11.3 Å². The summed E-state index contributed by atoms with van der Waals surface area (Å²) in [5, 5.41) is 3.83. The molecule has 0 aliphatic rings. The van der Waals surface area contributed by atoms with E-state index in [4.69, 9.17) is 0 Å². The number of halogens is 1. The molecule has 1 heterocycles. The Morgan fingerprint density at radius 2 is 1.82 bits per heavy atom. The van der Waals surface area contributed by atoms with Crippen molar-refractivity contribution in [2.75, 3.05) is 0 Å². The van der Waals surface area contributed by atoms with Crippen LogP contribution in [0.5, 0.6) is 0 Å². The van der Waals surface area contributed by atoms with E-state index in [2.05, 4.69) is 20.5 Å². The molecule has 2 aromatic carbocycles. The molecule has 5 nitrogen and oxygen atoms in total. The molecule has 1 N–H and O–H groups in total. The van der Waals surface area contributed by atoms with E-state index in [-0.39, 0.29) is 0 Å². The lowest BCUT2D eigenvalue weighted by Crippen LogP contribution is -2.17. The number of hydrogen-bond acceptors (Lipinski definition) is 4. The van der Waals surface area contributed by atoms with Gasteiger partial charge in [0.15, 0.2) is 0 Å². The number of rotatable bonds is 3. The van der Waals surface area contributed by atoms with Gasteiger partial charge in [0.2, 0.25) is 0 Å². The normalized spacial score (nSPS) is 11.0. The number of carbonyl (C=O) groups is 1. The fourth-order valence-corrected chi connectivity index (χ4v) is 1.86. The van der Waals surface area contributed by atoms with Gasteiger partial charge >= 0.3 is 0 Å². The highest BCUT2D eigenvalue weighted by atomic mass is 19.1. The number of para-hydroxylation sites is 2. The van der Waals surface area contributed by atoms with Crippen LogP contribution in [0.25, 0.3) is 11.0 Å². The zero-order valence-electron chi connectivity index (χ0n) is 11.4. The molecule has 0 bridgehead atoms. The molecule has 1 amide bonds. The molecule has 0 saturated heterocycles. The second-order valence-corrected chi connectivity index (χ2v) is 4.49. The number of hydrogen-bond donors (Lipinski definition) is 1. The minimum Gasteiger partial charge on any atom is -0.267 e. The Morgan fingerprint density at radius 3 is 2.59 bits per heavy atom. The summed E-state index contributed by atoms with van der Waals surface area (Å²) < 4.78 is 12.8. The third-order valence-electron chi connectivity index (χ3n) is 2.94. The second-order valence-electron chi connectivity index (χ2n) is 4.49. The highest BCUT2D eigenvalue weighted by Gasteiger charge is 2.03. The standard InChI is InChI=1S/C16H11FN4O/c17-12-7-5-11(6-8-12)16(22)21-19-10-13-9-18-14-3-1-2-4-15(14)20-13/h1-10H,(H,21,22). The van der Waals surface area contributed by atoms with Gasteiger partial charge in [-0.25, -0.2) is 14.8 Å². The van der Waals surface area contributed by atoms with E-state index in [1.54, 1.807) is 6.20 Å². The fourth-order valence-electron chi connectivity index (χ4n) is 1.86. The average Bonchev–Trinajstić information content (AvgIpc) is 2.55. The first-order valence-corrected chi connectivity index (χ1v) is 6.53. The number of hydrazone groups is 1. The number of benzene rings is 2. The molecule has 0 spiro atoms. The summed E-state index contributed by atoms with van der Waals surface area (Å²) in [7, 11) is 0. The molecule has 22 heavy (non-hydrogen) atoms. The van der Waals surface area contributed by atoms with E-state index in [1.807, 2.05) is 24.3 Å². The van der Waals surface area contributed by atoms with Gasteiger partial charge in [0.25, 0.3) is 5.91 Å². The summed E-state index contributed by atoms with van der Waals surface area (Å²) in [6.07, 6.45) is 2.97. The molecular weight excluding hydrogens is 283 g/mol. The predicted molar refractivity (Wildman–Crippen MR) is 81.0 cm³/mol. The lowest BCUT2D eigenvalue weighted by atomic mass is 10.2. The molecule has 0 saturated carbocycles. The van der Waals surface area contributed by atoms with Crippen molar-refractivity contribution in [1.29, 1.82) is 0 Å². The summed E-state index contributed by atoms with van der Waals surface area (Å²) in [6, 6.07) is 12.7. The Hall–Kier alpha value is -3.15. The zero-order valence-corrected chi connectivity index (χ0v) is 11.4. The number of carbonyl (C=O) groups excluding carboxylic acids is 1. The molecule has 108 valence electrons. The average molecular weight is 294 g/mol. The van der Waals surface area contributed by atoms with Crippen molar-refractivity contribution in [1.82, 2.24) is 15.4 Å². The fraction of sp³-hybridized carbons (Fsp3) is 0. The van der Waals surface area contributed by atoms with Gasteiger partial charge in [-0.1, -0.05) is 12.1 Å². The Labute approximate surface area is 125 Å². The topological polar surface area (TPSA) is 67.2 Å².